The lowest BCUT2D eigenvalue weighted by molar-refractivity contribution is -0.126. The number of rotatable bonds is 2. The van der Waals surface area contributed by atoms with Gasteiger partial charge in [-0.2, -0.15) is 0 Å². The number of ether oxygens (including phenoxy) is 1. The molecule has 2 saturated carbocycles. The van der Waals surface area contributed by atoms with Crippen molar-refractivity contribution >= 4 is 17.8 Å². The van der Waals surface area contributed by atoms with Gasteiger partial charge in [0.05, 0.1) is 0 Å². The van der Waals surface area contributed by atoms with Gasteiger partial charge in [-0.1, -0.05) is 30.3 Å². The van der Waals surface area contributed by atoms with Gasteiger partial charge in [0.15, 0.2) is 5.78 Å². The van der Waals surface area contributed by atoms with Gasteiger partial charge >= 0.3 is 6.09 Å². The van der Waals surface area contributed by atoms with Crippen LogP contribution >= 0.6 is 0 Å². The van der Waals surface area contributed by atoms with E-state index in [2.05, 4.69) is 0 Å². The van der Waals surface area contributed by atoms with Gasteiger partial charge in [-0.15, -0.1) is 0 Å². The van der Waals surface area contributed by atoms with Crippen molar-refractivity contribution in [1.82, 2.24) is 4.90 Å². The molecule has 3 fully saturated rings. The Kier molecular flexibility index (Phi) is 3.36. The molecule has 5 heteroatoms. The molecule has 0 unspecified atom stereocenters. The van der Waals surface area contributed by atoms with Crippen LogP contribution in [-0.4, -0.2) is 29.3 Å². The number of Topliss-reactive ketones (excluding diaryl/α,β-unsaturated/α-hetero) is 1. The lowest BCUT2D eigenvalue weighted by Gasteiger charge is -2.28. The zero-order chi connectivity index (χ0) is 18.0. The molecule has 5 atom stereocenters. The average Bonchev–Trinajstić information content (AvgIpc) is 3.39. The molecule has 5 nitrogen and oxygen atoms in total. The predicted molar refractivity (Wildman–Crippen MR) is 92.9 cm³/mol. The minimum absolute atomic E-state index is 0.00132. The first-order valence-corrected chi connectivity index (χ1v) is 9.38. The molecule has 2 bridgehead atoms. The number of cyclic esters (lactones) is 1. The average molecular weight is 351 g/mol. The van der Waals surface area contributed by atoms with E-state index in [4.69, 9.17) is 4.74 Å². The van der Waals surface area contributed by atoms with Crippen LogP contribution in [0.1, 0.15) is 37.8 Å². The Morgan fingerprint density at radius 3 is 2.50 bits per heavy atom. The van der Waals surface area contributed by atoms with Crippen molar-refractivity contribution in [2.24, 2.45) is 23.7 Å². The lowest BCUT2D eigenvalue weighted by Crippen LogP contribution is -2.38. The van der Waals surface area contributed by atoms with E-state index in [-0.39, 0.29) is 30.1 Å². The summed E-state index contributed by atoms with van der Waals surface area (Å²) in [4.78, 5) is 39.8. The van der Waals surface area contributed by atoms with E-state index in [1.807, 2.05) is 30.3 Å². The van der Waals surface area contributed by atoms with E-state index < -0.39 is 12.1 Å². The monoisotopic (exact) mass is 351 g/mol. The second-order valence-electron chi connectivity index (χ2n) is 7.97. The van der Waals surface area contributed by atoms with Crippen molar-refractivity contribution in [3.8, 4) is 0 Å². The number of hydrogen-bond donors (Lipinski definition) is 0. The highest BCUT2D eigenvalue weighted by atomic mass is 16.6. The lowest BCUT2D eigenvalue weighted by atomic mass is 9.78. The first-order chi connectivity index (χ1) is 12.6. The molecular weight excluding hydrogens is 330 g/mol. The Labute approximate surface area is 152 Å². The Bertz CT molecular complexity index is 843. The summed E-state index contributed by atoms with van der Waals surface area (Å²) in [6.07, 6.45) is 2.60. The topological polar surface area (TPSA) is 63.7 Å². The summed E-state index contributed by atoms with van der Waals surface area (Å²) in [5, 5.41) is 0. The minimum atomic E-state index is -0.608. The number of carbonyl (C=O) groups is 3. The van der Waals surface area contributed by atoms with E-state index in [0.717, 1.165) is 24.8 Å². The summed E-state index contributed by atoms with van der Waals surface area (Å²) in [6.45, 7) is 1.92. The summed E-state index contributed by atoms with van der Waals surface area (Å²) >= 11 is 0. The maximum absolute atomic E-state index is 13.4. The maximum Gasteiger partial charge on any atom is 0.417 e. The van der Waals surface area contributed by atoms with Gasteiger partial charge in [-0.3, -0.25) is 9.59 Å². The first kappa shape index (κ1) is 15.8. The standard InChI is InChI=1S/C21H21NO4/c1-11-16(17-13-7-8-14(9-13)18(17)19(11)23)20(24)22-15(10-26-21(22)25)12-5-3-2-4-6-12/h2-6,13-15,17-18H,7-10H2,1H3/t13-,14+,15+,17-,18-/m0/s1. The van der Waals surface area contributed by atoms with Gasteiger partial charge in [-0.05, 0) is 43.6 Å². The Morgan fingerprint density at radius 1 is 1.08 bits per heavy atom. The molecule has 1 heterocycles. The second kappa shape index (κ2) is 5.53. The zero-order valence-electron chi connectivity index (χ0n) is 14.7. The fourth-order valence-electron chi connectivity index (χ4n) is 5.72. The number of carbonyl (C=O) groups excluding carboxylic acids is 3. The van der Waals surface area contributed by atoms with Gasteiger partial charge in [0, 0.05) is 23.0 Å². The summed E-state index contributed by atoms with van der Waals surface area (Å²) in [5.41, 5.74) is 2.01. The molecule has 1 aliphatic heterocycles. The predicted octanol–water partition coefficient (Wildman–Crippen LogP) is 3.27. The van der Waals surface area contributed by atoms with E-state index in [1.54, 1.807) is 6.92 Å². The van der Waals surface area contributed by atoms with Crippen LogP contribution in [0.25, 0.3) is 0 Å². The number of ketones is 1. The normalized spacial score (nSPS) is 35.3. The molecule has 0 aromatic heterocycles. The fraction of sp³-hybridized carbons (Fsp3) is 0.476. The van der Waals surface area contributed by atoms with Crippen LogP contribution < -0.4 is 0 Å². The molecule has 1 aromatic carbocycles. The molecule has 3 aliphatic carbocycles. The molecule has 26 heavy (non-hydrogen) atoms. The third-order valence-corrected chi connectivity index (χ3v) is 6.83. The van der Waals surface area contributed by atoms with E-state index >= 15 is 0 Å². The number of benzene rings is 1. The smallest absolute Gasteiger partial charge is 0.417 e. The van der Waals surface area contributed by atoms with Crippen molar-refractivity contribution in [2.45, 2.75) is 32.2 Å². The number of imide groups is 1. The van der Waals surface area contributed by atoms with Gasteiger partial charge in [0.25, 0.3) is 5.91 Å². The minimum Gasteiger partial charge on any atom is -0.446 e. The molecule has 1 saturated heterocycles. The van der Waals surface area contributed by atoms with Crippen molar-refractivity contribution in [2.75, 3.05) is 6.61 Å². The summed E-state index contributed by atoms with van der Waals surface area (Å²) in [6, 6.07) is 9.04. The molecule has 2 amide bonds. The quantitative estimate of drug-likeness (QED) is 0.820. The number of fused-ring (bicyclic) bond motifs is 5. The Morgan fingerprint density at radius 2 is 1.77 bits per heavy atom. The zero-order valence-corrected chi connectivity index (χ0v) is 14.7. The SMILES string of the molecule is CC1=C(C(=O)N2C(=O)OC[C@@H]2c2ccccc2)[C@@H]2[C@H]3CC[C@H](C3)[C@@H]2C1=O. The van der Waals surface area contributed by atoms with Crippen molar-refractivity contribution < 1.29 is 19.1 Å². The largest absolute Gasteiger partial charge is 0.446 e. The first-order valence-electron chi connectivity index (χ1n) is 9.38. The van der Waals surface area contributed by atoms with Gasteiger partial charge in [-0.25, -0.2) is 9.69 Å². The maximum atomic E-state index is 13.4. The summed E-state index contributed by atoms with van der Waals surface area (Å²) in [7, 11) is 0. The highest BCUT2D eigenvalue weighted by molar-refractivity contribution is 6.14. The van der Waals surface area contributed by atoms with Gasteiger partial charge in [0.2, 0.25) is 0 Å². The highest BCUT2D eigenvalue weighted by Crippen LogP contribution is 2.59. The summed E-state index contributed by atoms with van der Waals surface area (Å²) < 4.78 is 5.21. The Balaban J connectivity index is 1.52. The van der Waals surface area contributed by atoms with E-state index in [1.165, 1.54) is 4.90 Å². The van der Waals surface area contributed by atoms with Gasteiger partial charge in [0.1, 0.15) is 12.6 Å². The van der Waals surface area contributed by atoms with Crippen LogP contribution in [0.5, 0.6) is 0 Å². The van der Waals surface area contributed by atoms with Crippen LogP contribution in [0.3, 0.4) is 0 Å². The molecule has 0 N–H and O–H groups in total. The molecule has 0 spiro atoms. The van der Waals surface area contributed by atoms with Crippen LogP contribution in [0.2, 0.25) is 0 Å². The molecule has 4 aliphatic rings. The van der Waals surface area contributed by atoms with E-state index in [9.17, 15) is 14.4 Å². The number of nitrogens with zero attached hydrogens (tertiary/aromatic N) is 1. The molecule has 5 rings (SSSR count). The molecule has 134 valence electrons. The number of allylic oxidation sites excluding steroid dienone is 1. The number of hydrogen-bond acceptors (Lipinski definition) is 4. The molecular formula is C21H21NO4. The van der Waals surface area contributed by atoms with Crippen LogP contribution in [0.15, 0.2) is 41.5 Å². The van der Waals surface area contributed by atoms with Crippen LogP contribution in [0, 0.1) is 23.7 Å². The second-order valence-corrected chi connectivity index (χ2v) is 7.97. The van der Waals surface area contributed by atoms with Crippen LogP contribution in [-0.2, 0) is 14.3 Å². The summed E-state index contributed by atoms with van der Waals surface area (Å²) in [5.74, 6) is 0.564. The molecule has 1 aromatic rings. The Hall–Kier alpha value is -2.43. The molecule has 0 radical (unpaired) electrons. The number of amides is 2. The van der Waals surface area contributed by atoms with E-state index in [0.29, 0.717) is 23.0 Å². The van der Waals surface area contributed by atoms with Crippen molar-refractivity contribution in [3.05, 3.63) is 47.0 Å². The highest BCUT2D eigenvalue weighted by Gasteiger charge is 2.58. The van der Waals surface area contributed by atoms with Gasteiger partial charge < -0.3 is 4.74 Å². The van der Waals surface area contributed by atoms with Crippen molar-refractivity contribution in [1.29, 1.82) is 0 Å². The van der Waals surface area contributed by atoms with Crippen LogP contribution in [0.4, 0.5) is 4.79 Å². The third kappa shape index (κ3) is 2.00. The third-order valence-electron chi connectivity index (χ3n) is 6.83. The van der Waals surface area contributed by atoms with Crippen molar-refractivity contribution in [3.63, 3.8) is 0 Å². The fourth-order valence-corrected chi connectivity index (χ4v) is 5.72.